The third-order valence-electron chi connectivity index (χ3n) is 1.84. The summed E-state index contributed by atoms with van der Waals surface area (Å²) in [5.41, 5.74) is 1.06. The number of alkyl halides is 1. The number of nitrogens with zero attached hydrogens (tertiary/aromatic N) is 2. The van der Waals surface area contributed by atoms with Crippen LogP contribution in [-0.2, 0) is 12.4 Å². The molecule has 0 bridgehead atoms. The van der Waals surface area contributed by atoms with E-state index >= 15 is 0 Å². The molecule has 0 unspecified atom stereocenters. The number of hydrogen-bond acceptors (Lipinski definition) is 2. The number of rotatable bonds is 3. The van der Waals surface area contributed by atoms with Gasteiger partial charge in [0.05, 0.1) is 24.4 Å². The first kappa shape index (κ1) is 8.78. The van der Waals surface area contributed by atoms with Crippen molar-refractivity contribution in [2.45, 2.75) is 12.4 Å². The molecule has 2 aromatic rings. The predicted molar refractivity (Wildman–Crippen MR) is 55.2 cm³/mol. The molecule has 0 aliphatic carbocycles. The van der Waals surface area contributed by atoms with Crippen LogP contribution >= 0.6 is 22.9 Å². The van der Waals surface area contributed by atoms with E-state index in [4.69, 9.17) is 11.6 Å². The van der Waals surface area contributed by atoms with Gasteiger partial charge in [0.1, 0.15) is 0 Å². The van der Waals surface area contributed by atoms with E-state index in [2.05, 4.69) is 27.1 Å². The summed E-state index contributed by atoms with van der Waals surface area (Å²) in [7, 11) is 0. The molecule has 0 saturated carbocycles. The molecule has 0 saturated heterocycles. The second-order valence-corrected chi connectivity index (χ2v) is 4.03. The Kier molecular flexibility index (Phi) is 2.66. The SMILES string of the molecule is ClCc1cncn1Cc1cccs1. The van der Waals surface area contributed by atoms with E-state index in [1.54, 1.807) is 17.5 Å². The maximum Gasteiger partial charge on any atom is 0.0951 e. The summed E-state index contributed by atoms with van der Waals surface area (Å²) in [5, 5.41) is 2.08. The minimum Gasteiger partial charge on any atom is -0.328 e. The van der Waals surface area contributed by atoms with Crippen LogP contribution in [0.5, 0.6) is 0 Å². The lowest BCUT2D eigenvalue weighted by Gasteiger charge is -2.02. The van der Waals surface area contributed by atoms with Crippen LogP contribution in [-0.4, -0.2) is 9.55 Å². The first-order chi connectivity index (χ1) is 6.40. The summed E-state index contributed by atoms with van der Waals surface area (Å²) in [5.74, 6) is 0.519. The van der Waals surface area contributed by atoms with Gasteiger partial charge in [-0.15, -0.1) is 22.9 Å². The van der Waals surface area contributed by atoms with Crippen molar-refractivity contribution in [3.63, 3.8) is 0 Å². The molecular weight excluding hydrogens is 204 g/mol. The van der Waals surface area contributed by atoms with Gasteiger partial charge in [0, 0.05) is 11.1 Å². The van der Waals surface area contributed by atoms with E-state index in [9.17, 15) is 0 Å². The third kappa shape index (κ3) is 1.92. The smallest absolute Gasteiger partial charge is 0.0951 e. The summed E-state index contributed by atoms with van der Waals surface area (Å²) >= 11 is 7.50. The van der Waals surface area contributed by atoms with Gasteiger partial charge in [-0.25, -0.2) is 4.98 Å². The fourth-order valence-electron chi connectivity index (χ4n) is 1.17. The number of halogens is 1. The minimum atomic E-state index is 0.519. The number of hydrogen-bond donors (Lipinski definition) is 0. The van der Waals surface area contributed by atoms with E-state index < -0.39 is 0 Å². The van der Waals surface area contributed by atoms with Crippen molar-refractivity contribution < 1.29 is 0 Å². The molecular formula is C9H9ClN2S. The zero-order chi connectivity index (χ0) is 9.10. The summed E-state index contributed by atoms with van der Waals surface area (Å²) in [4.78, 5) is 5.38. The van der Waals surface area contributed by atoms with Gasteiger partial charge in [-0.05, 0) is 11.4 Å². The van der Waals surface area contributed by atoms with Crippen LogP contribution in [0.4, 0.5) is 0 Å². The van der Waals surface area contributed by atoms with Crippen LogP contribution in [0, 0.1) is 0 Å². The highest BCUT2D eigenvalue weighted by molar-refractivity contribution is 7.09. The lowest BCUT2D eigenvalue weighted by Crippen LogP contribution is -1.99. The molecule has 4 heteroatoms. The van der Waals surface area contributed by atoms with Crippen molar-refractivity contribution in [1.82, 2.24) is 9.55 Å². The Morgan fingerprint density at radius 3 is 3.15 bits per heavy atom. The summed E-state index contributed by atoms with van der Waals surface area (Å²) in [6, 6.07) is 4.17. The Morgan fingerprint density at radius 2 is 2.46 bits per heavy atom. The van der Waals surface area contributed by atoms with Crippen molar-refractivity contribution in [2.24, 2.45) is 0 Å². The van der Waals surface area contributed by atoms with Crippen molar-refractivity contribution in [3.05, 3.63) is 40.6 Å². The first-order valence-electron chi connectivity index (χ1n) is 3.97. The Morgan fingerprint density at radius 1 is 1.54 bits per heavy atom. The summed E-state index contributed by atoms with van der Waals surface area (Å²) in [6.07, 6.45) is 3.62. The molecule has 0 aliphatic heterocycles. The molecule has 0 aliphatic rings. The van der Waals surface area contributed by atoms with Gasteiger partial charge in [0.25, 0.3) is 0 Å². The standard InChI is InChI=1S/C9H9ClN2S/c10-4-8-5-11-7-12(8)6-9-2-1-3-13-9/h1-3,5,7H,4,6H2. The average molecular weight is 213 g/mol. The van der Waals surface area contributed by atoms with Crippen molar-refractivity contribution in [2.75, 3.05) is 0 Å². The Bertz CT molecular complexity index is 367. The van der Waals surface area contributed by atoms with Crippen molar-refractivity contribution >= 4 is 22.9 Å². The quantitative estimate of drug-likeness (QED) is 0.716. The molecule has 2 heterocycles. The van der Waals surface area contributed by atoms with E-state index in [0.29, 0.717) is 5.88 Å². The maximum atomic E-state index is 5.76. The molecule has 0 fully saturated rings. The highest BCUT2D eigenvalue weighted by atomic mass is 35.5. The van der Waals surface area contributed by atoms with Gasteiger partial charge in [-0.2, -0.15) is 0 Å². The molecule has 13 heavy (non-hydrogen) atoms. The zero-order valence-electron chi connectivity index (χ0n) is 6.98. The van der Waals surface area contributed by atoms with Gasteiger partial charge in [0.15, 0.2) is 0 Å². The lowest BCUT2D eigenvalue weighted by atomic mass is 10.4. The highest BCUT2D eigenvalue weighted by Gasteiger charge is 2.01. The molecule has 0 spiro atoms. The fraction of sp³-hybridized carbons (Fsp3) is 0.222. The van der Waals surface area contributed by atoms with Crippen LogP contribution in [0.15, 0.2) is 30.0 Å². The molecule has 68 valence electrons. The van der Waals surface area contributed by atoms with Gasteiger partial charge < -0.3 is 4.57 Å². The largest absolute Gasteiger partial charge is 0.328 e. The molecule has 2 rings (SSSR count). The third-order valence-corrected chi connectivity index (χ3v) is 2.98. The van der Waals surface area contributed by atoms with Gasteiger partial charge in [-0.3, -0.25) is 0 Å². The van der Waals surface area contributed by atoms with Gasteiger partial charge in [-0.1, -0.05) is 6.07 Å². The zero-order valence-corrected chi connectivity index (χ0v) is 8.55. The predicted octanol–water partition coefficient (Wildman–Crippen LogP) is 2.73. The lowest BCUT2D eigenvalue weighted by molar-refractivity contribution is 0.776. The van der Waals surface area contributed by atoms with E-state index in [0.717, 1.165) is 12.2 Å². The fourth-order valence-corrected chi connectivity index (χ4v) is 2.10. The van der Waals surface area contributed by atoms with Crippen molar-refractivity contribution in [3.8, 4) is 0 Å². The molecule has 0 radical (unpaired) electrons. The first-order valence-corrected chi connectivity index (χ1v) is 5.39. The summed E-state index contributed by atoms with van der Waals surface area (Å²) < 4.78 is 2.07. The van der Waals surface area contributed by atoms with Gasteiger partial charge in [0.2, 0.25) is 0 Å². The van der Waals surface area contributed by atoms with Gasteiger partial charge >= 0.3 is 0 Å². The molecule has 2 aromatic heterocycles. The second-order valence-electron chi connectivity index (χ2n) is 2.73. The number of aromatic nitrogens is 2. The molecule has 2 nitrogen and oxygen atoms in total. The molecule has 0 aromatic carbocycles. The van der Waals surface area contributed by atoms with Crippen LogP contribution < -0.4 is 0 Å². The van der Waals surface area contributed by atoms with Crippen LogP contribution in [0.25, 0.3) is 0 Å². The van der Waals surface area contributed by atoms with Crippen molar-refractivity contribution in [1.29, 1.82) is 0 Å². The van der Waals surface area contributed by atoms with Crippen LogP contribution in [0.2, 0.25) is 0 Å². The Hall–Kier alpha value is -0.800. The number of thiophene rings is 1. The average Bonchev–Trinajstić information content (AvgIpc) is 2.76. The number of imidazole rings is 1. The van der Waals surface area contributed by atoms with E-state index in [1.165, 1.54) is 4.88 Å². The second kappa shape index (κ2) is 3.94. The topological polar surface area (TPSA) is 17.8 Å². The molecule has 0 N–H and O–H groups in total. The van der Waals surface area contributed by atoms with Crippen LogP contribution in [0.1, 0.15) is 10.6 Å². The normalized spacial score (nSPS) is 10.5. The van der Waals surface area contributed by atoms with E-state index in [-0.39, 0.29) is 0 Å². The molecule has 0 amide bonds. The summed E-state index contributed by atoms with van der Waals surface area (Å²) in [6.45, 7) is 0.875. The monoisotopic (exact) mass is 212 g/mol. The maximum absolute atomic E-state index is 5.76. The minimum absolute atomic E-state index is 0.519. The Balaban J connectivity index is 2.18. The van der Waals surface area contributed by atoms with Crippen LogP contribution in [0.3, 0.4) is 0 Å². The molecule has 0 atom stereocenters. The highest BCUT2D eigenvalue weighted by Crippen LogP contribution is 2.12. The Labute approximate surface area is 85.8 Å². The van der Waals surface area contributed by atoms with E-state index in [1.807, 2.05) is 6.33 Å².